The molecule has 1 fully saturated rings. The lowest BCUT2D eigenvalue weighted by molar-refractivity contribution is -0.107. The molecule has 1 aliphatic rings. The summed E-state index contributed by atoms with van der Waals surface area (Å²) >= 11 is 0. The second-order valence-electron chi connectivity index (χ2n) is 8.60. The molecule has 3 heterocycles. The molecule has 11 heteroatoms. The molecule has 1 aromatic carbocycles. The molecular formula is C23H27N5O5S. The van der Waals surface area contributed by atoms with Crippen molar-refractivity contribution < 1.29 is 22.5 Å². The van der Waals surface area contributed by atoms with E-state index >= 15 is 0 Å². The maximum absolute atomic E-state index is 11.7. The van der Waals surface area contributed by atoms with Crippen LogP contribution in [0.25, 0.3) is 0 Å². The van der Waals surface area contributed by atoms with Gasteiger partial charge in [0.25, 0.3) is 0 Å². The highest BCUT2D eigenvalue weighted by Crippen LogP contribution is 2.34. The minimum absolute atomic E-state index is 0.0915. The van der Waals surface area contributed by atoms with Gasteiger partial charge in [0.2, 0.25) is 11.8 Å². The van der Waals surface area contributed by atoms with Crippen molar-refractivity contribution in [3.8, 4) is 11.6 Å². The number of ether oxygens (including phenoxy) is 1. The molecule has 180 valence electrons. The van der Waals surface area contributed by atoms with Gasteiger partial charge in [-0.25, -0.2) is 18.4 Å². The van der Waals surface area contributed by atoms with Crippen LogP contribution in [0.3, 0.4) is 0 Å². The minimum atomic E-state index is -3.31. The summed E-state index contributed by atoms with van der Waals surface area (Å²) in [4.78, 5) is 26.9. The van der Waals surface area contributed by atoms with Gasteiger partial charge in [0.15, 0.2) is 15.7 Å². The van der Waals surface area contributed by atoms with Gasteiger partial charge in [-0.15, -0.1) is 0 Å². The molecule has 1 saturated heterocycles. The fourth-order valence-electron chi connectivity index (χ4n) is 3.86. The first-order chi connectivity index (χ1) is 16.3. The Bertz CT molecular complexity index is 1250. The van der Waals surface area contributed by atoms with E-state index in [4.69, 9.17) is 9.26 Å². The Morgan fingerprint density at radius 2 is 1.88 bits per heavy atom. The van der Waals surface area contributed by atoms with Gasteiger partial charge >= 0.3 is 0 Å². The molecule has 0 aliphatic carbocycles. The van der Waals surface area contributed by atoms with E-state index < -0.39 is 9.84 Å². The van der Waals surface area contributed by atoms with Crippen molar-refractivity contribution in [3.05, 3.63) is 47.9 Å². The van der Waals surface area contributed by atoms with Gasteiger partial charge in [0.1, 0.15) is 24.2 Å². The summed E-state index contributed by atoms with van der Waals surface area (Å²) in [5.74, 6) is 3.11. The number of piperidine rings is 1. The van der Waals surface area contributed by atoms with Crippen molar-refractivity contribution in [3.63, 3.8) is 0 Å². The maximum atomic E-state index is 11.7. The number of carbonyl (C=O) groups excluding carboxylic acids is 1. The first kappa shape index (κ1) is 23.8. The second-order valence-corrected chi connectivity index (χ2v) is 10.6. The fourth-order valence-corrected chi connectivity index (χ4v) is 4.49. The molecule has 34 heavy (non-hydrogen) atoms. The lowest BCUT2D eigenvalue weighted by atomic mass is 9.96. The van der Waals surface area contributed by atoms with Crippen LogP contribution >= 0.6 is 0 Å². The SMILES string of the molecule is CC(C)c1noc(C2CCN(c3ncnc(Oc4ccc(S(C)(=O)=O)cc4)c3CC=O)CC2)n1. The molecule has 3 aromatic rings. The van der Waals surface area contributed by atoms with Crippen LogP contribution in [0.1, 0.15) is 55.8 Å². The van der Waals surface area contributed by atoms with E-state index in [1.807, 2.05) is 13.8 Å². The lowest BCUT2D eigenvalue weighted by Gasteiger charge is -2.32. The molecule has 10 nitrogen and oxygen atoms in total. The van der Waals surface area contributed by atoms with Gasteiger partial charge in [-0.3, -0.25) is 0 Å². The quantitative estimate of drug-likeness (QED) is 0.438. The molecule has 0 saturated carbocycles. The van der Waals surface area contributed by atoms with Gasteiger partial charge in [0, 0.05) is 37.6 Å². The van der Waals surface area contributed by atoms with E-state index in [9.17, 15) is 13.2 Å². The van der Waals surface area contributed by atoms with Crippen LogP contribution in [0.5, 0.6) is 11.6 Å². The minimum Gasteiger partial charge on any atom is -0.439 e. The fraction of sp³-hybridized carbons (Fsp3) is 0.435. The largest absolute Gasteiger partial charge is 0.439 e. The summed E-state index contributed by atoms with van der Waals surface area (Å²) in [6.45, 7) is 5.46. The van der Waals surface area contributed by atoms with Gasteiger partial charge in [-0.1, -0.05) is 19.0 Å². The number of sulfone groups is 1. The zero-order chi connectivity index (χ0) is 24.3. The highest BCUT2D eigenvalue weighted by atomic mass is 32.2. The number of aromatic nitrogens is 4. The molecule has 0 amide bonds. The van der Waals surface area contributed by atoms with Crippen LogP contribution in [-0.4, -0.2) is 54.2 Å². The number of carbonyl (C=O) groups is 1. The normalized spacial score (nSPS) is 15.0. The average molecular weight is 486 g/mol. The van der Waals surface area contributed by atoms with Crippen molar-refractivity contribution >= 4 is 21.9 Å². The molecule has 2 aromatic heterocycles. The Labute approximate surface area is 198 Å². The predicted octanol–water partition coefficient (Wildman–Crippen LogP) is 3.30. The molecular weight excluding hydrogens is 458 g/mol. The van der Waals surface area contributed by atoms with Crippen molar-refractivity contribution in [1.29, 1.82) is 0 Å². The van der Waals surface area contributed by atoms with E-state index in [-0.39, 0.29) is 29.0 Å². The predicted molar refractivity (Wildman–Crippen MR) is 124 cm³/mol. The smallest absolute Gasteiger partial charge is 0.229 e. The number of hydrogen-bond donors (Lipinski definition) is 0. The third-order valence-electron chi connectivity index (χ3n) is 5.75. The summed E-state index contributed by atoms with van der Waals surface area (Å²) in [7, 11) is -3.31. The Morgan fingerprint density at radius 1 is 1.18 bits per heavy atom. The first-order valence-electron chi connectivity index (χ1n) is 11.1. The van der Waals surface area contributed by atoms with Crippen LogP contribution in [0.4, 0.5) is 5.82 Å². The number of aldehydes is 1. The summed E-state index contributed by atoms with van der Waals surface area (Å²) < 4.78 is 34.8. The number of hydrogen-bond acceptors (Lipinski definition) is 10. The Hall–Kier alpha value is -3.34. The maximum Gasteiger partial charge on any atom is 0.229 e. The van der Waals surface area contributed by atoms with Gasteiger partial charge in [0.05, 0.1) is 10.5 Å². The number of rotatable bonds is 8. The van der Waals surface area contributed by atoms with Crippen LogP contribution in [0, 0.1) is 0 Å². The summed E-state index contributed by atoms with van der Waals surface area (Å²) in [5, 5.41) is 4.07. The van der Waals surface area contributed by atoms with Crippen molar-refractivity contribution in [1.82, 2.24) is 20.1 Å². The van der Waals surface area contributed by atoms with E-state index in [1.54, 1.807) is 12.1 Å². The summed E-state index contributed by atoms with van der Waals surface area (Å²) in [5.41, 5.74) is 0.586. The molecule has 0 radical (unpaired) electrons. The number of benzene rings is 1. The third kappa shape index (κ3) is 5.24. The van der Waals surface area contributed by atoms with Crippen LogP contribution in [0.2, 0.25) is 0 Å². The molecule has 1 aliphatic heterocycles. The van der Waals surface area contributed by atoms with Crippen molar-refractivity contribution in [2.24, 2.45) is 0 Å². The van der Waals surface area contributed by atoms with Crippen molar-refractivity contribution in [2.75, 3.05) is 24.2 Å². The molecule has 0 bridgehead atoms. The summed E-state index contributed by atoms with van der Waals surface area (Å²) in [6, 6.07) is 6.06. The second kappa shape index (κ2) is 9.88. The molecule has 0 spiro atoms. The molecule has 0 unspecified atom stereocenters. The molecule has 0 N–H and O–H groups in total. The third-order valence-corrected chi connectivity index (χ3v) is 6.88. The lowest BCUT2D eigenvalue weighted by Crippen LogP contribution is -2.34. The van der Waals surface area contributed by atoms with Gasteiger partial charge < -0.3 is 19.0 Å². The van der Waals surface area contributed by atoms with E-state index in [0.717, 1.165) is 25.4 Å². The zero-order valence-electron chi connectivity index (χ0n) is 19.3. The Morgan fingerprint density at radius 3 is 2.47 bits per heavy atom. The van der Waals surface area contributed by atoms with Crippen LogP contribution < -0.4 is 9.64 Å². The standard InChI is InChI=1S/C23H27N5O5S/c1-15(2)20-26-22(33-27-20)16-8-11-28(12-9-16)21-19(10-13-29)23(25-14-24-21)32-17-4-6-18(7-5-17)34(3,30)31/h4-7,13-16H,8-12H2,1-3H3. The van der Waals surface area contributed by atoms with Crippen LogP contribution in [0.15, 0.2) is 40.0 Å². The number of nitrogens with zero attached hydrogens (tertiary/aromatic N) is 5. The average Bonchev–Trinajstić information content (AvgIpc) is 3.31. The van der Waals surface area contributed by atoms with Gasteiger partial charge in [-0.05, 0) is 37.1 Å². The van der Waals surface area contributed by atoms with Crippen molar-refractivity contribution in [2.45, 2.75) is 49.8 Å². The van der Waals surface area contributed by atoms with E-state index in [1.165, 1.54) is 18.5 Å². The zero-order valence-corrected chi connectivity index (χ0v) is 20.2. The number of anilines is 1. The van der Waals surface area contributed by atoms with Gasteiger partial charge in [-0.2, -0.15) is 4.98 Å². The Balaban J connectivity index is 1.51. The first-order valence-corrected chi connectivity index (χ1v) is 13.0. The highest BCUT2D eigenvalue weighted by molar-refractivity contribution is 7.90. The highest BCUT2D eigenvalue weighted by Gasteiger charge is 2.28. The topological polar surface area (TPSA) is 128 Å². The summed E-state index contributed by atoms with van der Waals surface area (Å²) in [6.07, 6.45) is 5.06. The molecule has 4 rings (SSSR count). The Kier molecular flexibility index (Phi) is 6.92. The molecule has 0 atom stereocenters. The van der Waals surface area contributed by atoms with E-state index in [0.29, 0.717) is 41.9 Å². The van der Waals surface area contributed by atoms with E-state index in [2.05, 4.69) is 25.0 Å². The monoisotopic (exact) mass is 485 g/mol. The van der Waals surface area contributed by atoms with Crippen LogP contribution in [-0.2, 0) is 21.1 Å².